The van der Waals surface area contributed by atoms with Gasteiger partial charge in [-0.1, -0.05) is 26.7 Å². The molecule has 3 fully saturated rings. The lowest BCUT2D eigenvalue weighted by Gasteiger charge is -2.60. The quantitative estimate of drug-likeness (QED) is 0.599. The van der Waals surface area contributed by atoms with Crippen LogP contribution in [0.5, 0.6) is 0 Å². The third-order valence-corrected chi connectivity index (χ3v) is 8.35. The number of esters is 1. The maximum absolute atomic E-state index is 11.5. The van der Waals surface area contributed by atoms with Gasteiger partial charge in [-0.25, -0.2) is 0 Å². The molecule has 4 rings (SSSR count). The van der Waals surface area contributed by atoms with Crippen LogP contribution in [-0.2, 0) is 9.53 Å². The van der Waals surface area contributed by atoms with Crippen molar-refractivity contribution in [3.05, 3.63) is 11.8 Å². The molecule has 0 aliphatic heterocycles. The molecule has 2 nitrogen and oxygen atoms in total. The average Bonchev–Trinajstić information content (AvgIpc) is 2.83. The van der Waals surface area contributed by atoms with E-state index in [9.17, 15) is 4.79 Å². The van der Waals surface area contributed by atoms with E-state index in [0.717, 1.165) is 29.9 Å². The Kier molecular flexibility index (Phi) is 3.66. The Balaban J connectivity index is 1.60. The third-order valence-electron chi connectivity index (χ3n) is 8.35. The van der Waals surface area contributed by atoms with Gasteiger partial charge in [-0.2, -0.15) is 0 Å². The van der Waals surface area contributed by atoms with E-state index in [0.29, 0.717) is 11.3 Å². The van der Waals surface area contributed by atoms with Gasteiger partial charge in [0.25, 0.3) is 0 Å². The zero-order chi connectivity index (χ0) is 16.2. The van der Waals surface area contributed by atoms with Crippen LogP contribution < -0.4 is 0 Å². The molecular formula is C21H32O2. The Morgan fingerprint density at radius 3 is 2.70 bits per heavy atom. The second-order valence-electron chi connectivity index (χ2n) is 9.26. The topological polar surface area (TPSA) is 26.3 Å². The third kappa shape index (κ3) is 2.23. The molecule has 0 amide bonds. The number of fused-ring (bicyclic) bond motifs is 5. The van der Waals surface area contributed by atoms with Crippen molar-refractivity contribution < 1.29 is 9.53 Å². The molecular weight excluding hydrogens is 284 g/mol. The molecule has 0 bridgehead atoms. The van der Waals surface area contributed by atoms with Crippen molar-refractivity contribution in [3.63, 3.8) is 0 Å². The van der Waals surface area contributed by atoms with Crippen LogP contribution in [0.4, 0.5) is 0 Å². The predicted molar refractivity (Wildman–Crippen MR) is 91.6 cm³/mol. The Labute approximate surface area is 141 Å². The molecule has 0 N–H and O–H groups in total. The fourth-order valence-electron chi connectivity index (χ4n) is 7.14. The van der Waals surface area contributed by atoms with Gasteiger partial charge in [0.1, 0.15) is 5.76 Å². The van der Waals surface area contributed by atoms with E-state index in [1.165, 1.54) is 58.3 Å². The van der Waals surface area contributed by atoms with Gasteiger partial charge >= 0.3 is 5.97 Å². The predicted octanol–water partition coefficient (Wildman–Crippen LogP) is 5.48. The first kappa shape index (κ1) is 15.7. The number of carbonyl (C=O) groups excluding carboxylic acids is 1. The van der Waals surface area contributed by atoms with Crippen molar-refractivity contribution in [1.82, 2.24) is 0 Å². The highest BCUT2D eigenvalue weighted by molar-refractivity contribution is 5.67. The standard InChI is InChI=1S/C21H32O2/c1-14(22)23-19-10-9-17-16-8-7-15-6-4-5-12-20(15,2)18(16)11-13-21(17,19)3/h10,15-18H,4-9,11-13H2,1-3H3/t15-,16?,17?,18?,20?,21?/m1/s1. The van der Waals surface area contributed by atoms with Gasteiger partial charge < -0.3 is 4.74 Å². The Morgan fingerprint density at radius 2 is 1.91 bits per heavy atom. The number of ether oxygens (including phenoxy) is 1. The first-order valence-corrected chi connectivity index (χ1v) is 9.84. The van der Waals surface area contributed by atoms with E-state index >= 15 is 0 Å². The Bertz CT molecular complexity index is 536. The van der Waals surface area contributed by atoms with Crippen molar-refractivity contribution in [1.29, 1.82) is 0 Å². The summed E-state index contributed by atoms with van der Waals surface area (Å²) < 4.78 is 5.62. The van der Waals surface area contributed by atoms with Crippen molar-refractivity contribution in [3.8, 4) is 0 Å². The minimum atomic E-state index is -0.150. The highest BCUT2D eigenvalue weighted by Crippen LogP contribution is 2.66. The van der Waals surface area contributed by atoms with Gasteiger partial charge in [-0.05, 0) is 80.1 Å². The molecule has 5 unspecified atom stereocenters. The molecule has 4 aliphatic rings. The highest BCUT2D eigenvalue weighted by Gasteiger charge is 2.58. The molecule has 6 atom stereocenters. The summed E-state index contributed by atoms with van der Waals surface area (Å²) in [5.74, 6) is 4.27. The van der Waals surface area contributed by atoms with E-state index in [4.69, 9.17) is 4.74 Å². The van der Waals surface area contributed by atoms with Gasteiger partial charge in [0, 0.05) is 12.3 Å². The summed E-state index contributed by atoms with van der Waals surface area (Å²) in [5.41, 5.74) is 0.706. The van der Waals surface area contributed by atoms with E-state index in [1.54, 1.807) is 0 Å². The minimum absolute atomic E-state index is 0.116. The fourth-order valence-corrected chi connectivity index (χ4v) is 7.14. The summed E-state index contributed by atoms with van der Waals surface area (Å²) in [4.78, 5) is 11.5. The van der Waals surface area contributed by atoms with E-state index in [1.807, 2.05) is 0 Å². The Morgan fingerprint density at radius 1 is 1.09 bits per heavy atom. The van der Waals surface area contributed by atoms with Crippen LogP contribution in [0.25, 0.3) is 0 Å². The SMILES string of the molecule is CC(=O)OC1=CCC2C3CC[C@H]4CCCCC4(C)C3CCC12C. The molecule has 0 heterocycles. The molecule has 23 heavy (non-hydrogen) atoms. The van der Waals surface area contributed by atoms with Crippen LogP contribution in [0.1, 0.15) is 78.6 Å². The van der Waals surface area contributed by atoms with Crippen LogP contribution in [0, 0.1) is 34.5 Å². The van der Waals surface area contributed by atoms with Gasteiger partial charge in [-0.15, -0.1) is 0 Å². The highest BCUT2D eigenvalue weighted by atomic mass is 16.5. The smallest absolute Gasteiger partial charge is 0.307 e. The van der Waals surface area contributed by atoms with Gasteiger partial charge in [0.2, 0.25) is 0 Å². The molecule has 4 aliphatic carbocycles. The molecule has 0 aromatic carbocycles. The lowest BCUT2D eigenvalue weighted by atomic mass is 9.45. The second-order valence-corrected chi connectivity index (χ2v) is 9.26. The maximum Gasteiger partial charge on any atom is 0.307 e. The lowest BCUT2D eigenvalue weighted by molar-refractivity contribution is -0.142. The first-order valence-electron chi connectivity index (χ1n) is 9.84. The first-order chi connectivity index (χ1) is 10.9. The molecule has 0 saturated heterocycles. The minimum Gasteiger partial charge on any atom is -0.431 e. The van der Waals surface area contributed by atoms with Gasteiger partial charge in [-0.3, -0.25) is 4.79 Å². The van der Waals surface area contributed by atoms with E-state index in [-0.39, 0.29) is 11.4 Å². The molecule has 0 radical (unpaired) electrons. The van der Waals surface area contributed by atoms with Crippen molar-refractivity contribution in [2.75, 3.05) is 0 Å². The molecule has 0 aromatic heterocycles. The van der Waals surface area contributed by atoms with Crippen LogP contribution in [-0.4, -0.2) is 5.97 Å². The van der Waals surface area contributed by atoms with E-state index in [2.05, 4.69) is 19.9 Å². The van der Waals surface area contributed by atoms with Crippen molar-refractivity contribution in [2.45, 2.75) is 78.6 Å². The van der Waals surface area contributed by atoms with Crippen LogP contribution in [0.3, 0.4) is 0 Å². The number of carbonyl (C=O) groups is 1. The zero-order valence-electron chi connectivity index (χ0n) is 15.1. The summed E-state index contributed by atoms with van der Waals surface area (Å²) in [6, 6.07) is 0. The number of allylic oxidation sites excluding steroid dienone is 2. The number of hydrogen-bond donors (Lipinski definition) is 0. The summed E-state index contributed by atoms with van der Waals surface area (Å²) in [6.07, 6.45) is 14.6. The van der Waals surface area contributed by atoms with Crippen molar-refractivity contribution >= 4 is 5.97 Å². The maximum atomic E-state index is 11.5. The number of rotatable bonds is 1. The fraction of sp³-hybridized carbons (Fsp3) is 0.857. The largest absolute Gasteiger partial charge is 0.431 e. The monoisotopic (exact) mass is 316 g/mol. The summed E-state index contributed by atoms with van der Waals surface area (Å²) in [6.45, 7) is 6.52. The van der Waals surface area contributed by atoms with E-state index < -0.39 is 0 Å². The lowest BCUT2D eigenvalue weighted by Crippen LogP contribution is -2.52. The summed E-state index contributed by atoms with van der Waals surface area (Å²) in [7, 11) is 0. The molecule has 128 valence electrons. The number of hydrogen-bond acceptors (Lipinski definition) is 2. The van der Waals surface area contributed by atoms with Gasteiger partial charge in [0.15, 0.2) is 0 Å². The summed E-state index contributed by atoms with van der Waals surface area (Å²) >= 11 is 0. The van der Waals surface area contributed by atoms with Crippen LogP contribution in [0.15, 0.2) is 11.8 Å². The molecule has 3 saturated carbocycles. The van der Waals surface area contributed by atoms with Crippen LogP contribution in [0.2, 0.25) is 0 Å². The molecule has 0 spiro atoms. The zero-order valence-corrected chi connectivity index (χ0v) is 15.1. The molecule has 2 heteroatoms. The van der Waals surface area contributed by atoms with Crippen LogP contribution >= 0.6 is 0 Å². The molecule has 0 aromatic rings. The second kappa shape index (κ2) is 5.36. The average molecular weight is 316 g/mol. The Hall–Kier alpha value is -0.790. The normalized spacial score (nSPS) is 48.7. The van der Waals surface area contributed by atoms with Crippen molar-refractivity contribution in [2.24, 2.45) is 34.5 Å². The van der Waals surface area contributed by atoms with Gasteiger partial charge in [0.05, 0.1) is 0 Å². The summed E-state index contributed by atoms with van der Waals surface area (Å²) in [5, 5.41) is 0.